The summed E-state index contributed by atoms with van der Waals surface area (Å²) in [5.74, 6) is -0.972. The average molecular weight is 436 g/mol. The molecule has 0 saturated heterocycles. The lowest BCUT2D eigenvalue weighted by Crippen LogP contribution is -2.32. The number of aromatic nitrogens is 4. The standard InChI is InChI=1S/C21H21N7O2S/c1-11(13-6-3-8-23-13)28-9-7-14-16(10-28)31-21(25-14)27-20(30)12-4-2-5-15-17(12)26-19(24-15)18(22)29/h2-6,8,11,23H,7,9-10H2,1H3,(H2,22,29)(H,24,26)(H,25,27,30). The van der Waals surface area contributed by atoms with Crippen molar-refractivity contribution in [2.45, 2.75) is 25.9 Å². The zero-order valence-corrected chi connectivity index (χ0v) is 17.6. The Kier molecular flexibility index (Phi) is 4.79. The summed E-state index contributed by atoms with van der Waals surface area (Å²) in [6.45, 7) is 3.89. The Hall–Kier alpha value is -3.50. The molecule has 31 heavy (non-hydrogen) atoms. The molecule has 4 heterocycles. The van der Waals surface area contributed by atoms with Crippen LogP contribution in [-0.2, 0) is 13.0 Å². The SMILES string of the molecule is CC(c1ccc[nH]1)N1CCc2nc(NC(=O)c3cccc4[nH]c(C(N)=O)nc34)sc2C1. The number of primary amides is 1. The molecule has 0 radical (unpaired) electrons. The minimum absolute atomic E-state index is 0.0243. The summed E-state index contributed by atoms with van der Waals surface area (Å²) >= 11 is 1.49. The van der Waals surface area contributed by atoms with Crippen molar-refractivity contribution in [3.8, 4) is 0 Å². The van der Waals surface area contributed by atoms with Gasteiger partial charge in [0.1, 0.15) is 5.52 Å². The molecule has 0 saturated carbocycles. The molecular weight excluding hydrogens is 414 g/mol. The maximum atomic E-state index is 12.9. The van der Waals surface area contributed by atoms with Gasteiger partial charge in [0.25, 0.3) is 11.8 Å². The van der Waals surface area contributed by atoms with E-state index in [1.807, 2.05) is 12.3 Å². The van der Waals surface area contributed by atoms with Crippen molar-refractivity contribution in [3.05, 3.63) is 64.2 Å². The number of para-hydroxylation sites is 1. The number of carbonyl (C=O) groups is 2. The third kappa shape index (κ3) is 3.60. The van der Waals surface area contributed by atoms with Crippen LogP contribution < -0.4 is 11.1 Å². The average Bonchev–Trinajstić information content (AvgIpc) is 3.50. The first kappa shape index (κ1) is 19.5. The quantitative estimate of drug-likeness (QED) is 0.383. The van der Waals surface area contributed by atoms with E-state index in [2.05, 4.69) is 43.1 Å². The number of H-pyrrole nitrogens is 2. The summed E-state index contributed by atoms with van der Waals surface area (Å²) in [5, 5.41) is 3.45. The van der Waals surface area contributed by atoms with E-state index >= 15 is 0 Å². The number of nitrogens with one attached hydrogen (secondary N) is 3. The first-order valence-corrected chi connectivity index (χ1v) is 10.8. The van der Waals surface area contributed by atoms with Crippen LogP contribution in [0.4, 0.5) is 5.13 Å². The van der Waals surface area contributed by atoms with Gasteiger partial charge in [-0.1, -0.05) is 6.07 Å². The first-order chi connectivity index (χ1) is 15.0. The Morgan fingerprint density at radius 2 is 2.13 bits per heavy atom. The first-order valence-electron chi connectivity index (χ1n) is 9.95. The lowest BCUT2D eigenvalue weighted by molar-refractivity contribution is 0.0989. The van der Waals surface area contributed by atoms with Crippen LogP contribution in [0.2, 0.25) is 0 Å². The number of hydrogen-bond donors (Lipinski definition) is 4. The number of rotatable bonds is 5. The van der Waals surface area contributed by atoms with Gasteiger partial charge in [-0.05, 0) is 31.2 Å². The highest BCUT2D eigenvalue weighted by molar-refractivity contribution is 7.15. The van der Waals surface area contributed by atoms with Crippen LogP contribution >= 0.6 is 11.3 Å². The molecule has 4 aromatic rings. The second-order valence-corrected chi connectivity index (χ2v) is 8.60. The molecule has 158 valence electrons. The van der Waals surface area contributed by atoms with E-state index < -0.39 is 5.91 Å². The fourth-order valence-electron chi connectivity index (χ4n) is 3.90. The molecule has 9 nitrogen and oxygen atoms in total. The molecule has 0 fully saturated rings. The molecule has 1 aliphatic heterocycles. The van der Waals surface area contributed by atoms with Gasteiger partial charge < -0.3 is 15.7 Å². The molecule has 1 unspecified atom stereocenters. The van der Waals surface area contributed by atoms with Crippen LogP contribution in [0.3, 0.4) is 0 Å². The lowest BCUT2D eigenvalue weighted by Gasteiger charge is -2.31. The highest BCUT2D eigenvalue weighted by Gasteiger charge is 2.26. The van der Waals surface area contributed by atoms with Crippen molar-refractivity contribution < 1.29 is 9.59 Å². The fourth-order valence-corrected chi connectivity index (χ4v) is 4.93. The maximum Gasteiger partial charge on any atom is 0.284 e. The van der Waals surface area contributed by atoms with Crippen LogP contribution in [0.5, 0.6) is 0 Å². The number of amides is 2. The molecule has 5 rings (SSSR count). The van der Waals surface area contributed by atoms with Gasteiger partial charge in [0, 0.05) is 42.3 Å². The fraction of sp³-hybridized carbons (Fsp3) is 0.238. The van der Waals surface area contributed by atoms with Crippen molar-refractivity contribution >= 4 is 39.3 Å². The number of imidazole rings is 1. The van der Waals surface area contributed by atoms with Gasteiger partial charge in [0.05, 0.1) is 16.8 Å². The van der Waals surface area contributed by atoms with Crippen LogP contribution in [0.15, 0.2) is 36.5 Å². The van der Waals surface area contributed by atoms with Gasteiger partial charge in [0.2, 0.25) is 0 Å². The van der Waals surface area contributed by atoms with Crippen molar-refractivity contribution in [3.63, 3.8) is 0 Å². The molecular formula is C21H21N7O2S. The maximum absolute atomic E-state index is 12.9. The Labute approximate surface area is 181 Å². The van der Waals surface area contributed by atoms with Crippen LogP contribution in [0.1, 0.15) is 50.2 Å². The summed E-state index contributed by atoms with van der Waals surface area (Å²) in [5.41, 5.74) is 8.85. The summed E-state index contributed by atoms with van der Waals surface area (Å²) in [4.78, 5) is 42.8. The van der Waals surface area contributed by atoms with Crippen LogP contribution in [0, 0.1) is 0 Å². The van der Waals surface area contributed by atoms with E-state index in [4.69, 9.17) is 5.73 Å². The van der Waals surface area contributed by atoms with Gasteiger partial charge in [-0.15, -0.1) is 11.3 Å². The van der Waals surface area contributed by atoms with Gasteiger partial charge >= 0.3 is 0 Å². The number of benzene rings is 1. The van der Waals surface area contributed by atoms with E-state index in [0.29, 0.717) is 21.7 Å². The highest BCUT2D eigenvalue weighted by atomic mass is 32.1. The number of thiazole rings is 1. The Morgan fingerprint density at radius 1 is 1.26 bits per heavy atom. The predicted octanol–water partition coefficient (Wildman–Crippen LogP) is 2.82. The molecule has 3 aromatic heterocycles. The number of aromatic amines is 2. The Bertz CT molecular complexity index is 1270. The Morgan fingerprint density at radius 3 is 2.90 bits per heavy atom. The monoisotopic (exact) mass is 435 g/mol. The number of fused-ring (bicyclic) bond motifs is 2. The van der Waals surface area contributed by atoms with E-state index in [0.717, 1.165) is 30.1 Å². The number of anilines is 1. The second-order valence-electron chi connectivity index (χ2n) is 7.52. The molecule has 5 N–H and O–H groups in total. The van der Waals surface area contributed by atoms with Crippen molar-refractivity contribution in [2.24, 2.45) is 5.73 Å². The largest absolute Gasteiger partial charge is 0.364 e. The van der Waals surface area contributed by atoms with Crippen molar-refractivity contribution in [1.82, 2.24) is 24.8 Å². The zero-order chi connectivity index (χ0) is 21.5. The van der Waals surface area contributed by atoms with Gasteiger partial charge in [-0.2, -0.15) is 0 Å². The van der Waals surface area contributed by atoms with E-state index in [-0.39, 0.29) is 17.8 Å². The molecule has 1 atom stereocenters. The van der Waals surface area contributed by atoms with E-state index in [1.54, 1.807) is 18.2 Å². The highest BCUT2D eigenvalue weighted by Crippen LogP contribution is 2.32. The number of carbonyl (C=O) groups excluding carboxylic acids is 2. The second kappa shape index (κ2) is 7.64. The van der Waals surface area contributed by atoms with E-state index in [9.17, 15) is 9.59 Å². The minimum Gasteiger partial charge on any atom is -0.364 e. The predicted molar refractivity (Wildman–Crippen MR) is 118 cm³/mol. The summed E-state index contributed by atoms with van der Waals surface area (Å²) < 4.78 is 0. The Balaban J connectivity index is 1.35. The van der Waals surface area contributed by atoms with Crippen molar-refractivity contribution in [1.29, 1.82) is 0 Å². The lowest BCUT2D eigenvalue weighted by atomic mass is 10.1. The molecule has 1 aliphatic rings. The molecule has 0 bridgehead atoms. The van der Waals surface area contributed by atoms with Gasteiger partial charge in [-0.25, -0.2) is 9.97 Å². The zero-order valence-electron chi connectivity index (χ0n) is 16.8. The molecule has 0 spiro atoms. The summed E-state index contributed by atoms with van der Waals surface area (Å²) in [7, 11) is 0. The molecule has 1 aromatic carbocycles. The van der Waals surface area contributed by atoms with Gasteiger partial charge in [0.15, 0.2) is 11.0 Å². The minimum atomic E-state index is -0.673. The number of nitrogens with zero attached hydrogens (tertiary/aromatic N) is 3. The molecule has 2 amide bonds. The van der Waals surface area contributed by atoms with Crippen LogP contribution in [0.25, 0.3) is 11.0 Å². The molecule has 10 heteroatoms. The third-order valence-electron chi connectivity index (χ3n) is 5.59. The summed E-state index contributed by atoms with van der Waals surface area (Å²) in [6.07, 6.45) is 2.78. The van der Waals surface area contributed by atoms with Crippen molar-refractivity contribution in [2.75, 3.05) is 11.9 Å². The van der Waals surface area contributed by atoms with E-state index in [1.165, 1.54) is 17.0 Å². The molecule has 0 aliphatic carbocycles. The topological polar surface area (TPSA) is 133 Å². The van der Waals surface area contributed by atoms with Gasteiger partial charge in [-0.3, -0.25) is 19.8 Å². The normalized spacial score (nSPS) is 15.0. The smallest absolute Gasteiger partial charge is 0.284 e. The van der Waals surface area contributed by atoms with Crippen LogP contribution in [-0.4, -0.2) is 43.2 Å². The number of hydrogen-bond acceptors (Lipinski definition) is 6. The third-order valence-corrected chi connectivity index (χ3v) is 6.59. The number of nitrogens with two attached hydrogens (primary N) is 1. The summed E-state index contributed by atoms with van der Waals surface area (Å²) in [6, 6.07) is 9.52.